The molecule has 0 radical (unpaired) electrons. The summed E-state index contributed by atoms with van der Waals surface area (Å²) in [6.45, 7) is 7.71. The number of hydrogen-bond acceptors (Lipinski definition) is 4. The average Bonchev–Trinajstić information content (AvgIpc) is 2.65. The van der Waals surface area contributed by atoms with Crippen molar-refractivity contribution in [2.45, 2.75) is 27.7 Å². The first-order valence-corrected chi connectivity index (χ1v) is 6.82. The molecule has 4 nitrogen and oxygen atoms in total. The van der Waals surface area contributed by atoms with Crippen LogP contribution in [0.1, 0.15) is 31.5 Å². The standard InChI is InChI=1S/C14H17N3OS/c1-7-5-11(15)12(6-8(7)2)17-14(18)13-9(3)16-10(4)19-13/h5-6H,15H2,1-4H3,(H,17,18). The van der Waals surface area contributed by atoms with E-state index in [0.717, 1.165) is 21.8 Å². The molecule has 0 aliphatic rings. The number of carbonyl (C=O) groups excluding carboxylic acids is 1. The number of nitrogen functional groups attached to an aromatic ring is 1. The second kappa shape index (κ2) is 5.01. The fourth-order valence-corrected chi connectivity index (χ4v) is 2.68. The van der Waals surface area contributed by atoms with E-state index in [-0.39, 0.29) is 5.91 Å². The van der Waals surface area contributed by atoms with Crippen molar-refractivity contribution in [1.82, 2.24) is 4.98 Å². The summed E-state index contributed by atoms with van der Waals surface area (Å²) in [6.07, 6.45) is 0. The number of rotatable bonds is 2. The number of nitrogens with one attached hydrogen (secondary N) is 1. The number of benzene rings is 1. The average molecular weight is 275 g/mol. The van der Waals surface area contributed by atoms with Crippen molar-refractivity contribution in [3.8, 4) is 0 Å². The van der Waals surface area contributed by atoms with E-state index in [0.29, 0.717) is 16.3 Å². The fraction of sp³-hybridized carbons (Fsp3) is 0.286. The predicted octanol–water partition coefficient (Wildman–Crippen LogP) is 3.21. The van der Waals surface area contributed by atoms with Gasteiger partial charge >= 0.3 is 0 Å². The molecule has 1 aromatic carbocycles. The fourth-order valence-electron chi connectivity index (χ4n) is 1.87. The van der Waals surface area contributed by atoms with Crippen molar-refractivity contribution in [2.75, 3.05) is 11.1 Å². The van der Waals surface area contributed by atoms with Gasteiger partial charge in [0.15, 0.2) is 0 Å². The zero-order chi connectivity index (χ0) is 14.2. The molecule has 5 heteroatoms. The second-order valence-electron chi connectivity index (χ2n) is 4.63. The molecule has 0 fully saturated rings. The van der Waals surface area contributed by atoms with Gasteiger partial charge < -0.3 is 11.1 Å². The summed E-state index contributed by atoms with van der Waals surface area (Å²) in [5.74, 6) is -0.155. The van der Waals surface area contributed by atoms with Gasteiger partial charge in [-0.1, -0.05) is 0 Å². The molecule has 100 valence electrons. The highest BCUT2D eigenvalue weighted by Gasteiger charge is 2.15. The lowest BCUT2D eigenvalue weighted by Crippen LogP contribution is -2.13. The highest BCUT2D eigenvalue weighted by molar-refractivity contribution is 7.13. The number of amides is 1. The first-order valence-electron chi connectivity index (χ1n) is 6.00. The Balaban J connectivity index is 2.29. The van der Waals surface area contributed by atoms with Gasteiger partial charge in [0.1, 0.15) is 4.88 Å². The van der Waals surface area contributed by atoms with Gasteiger partial charge in [0.25, 0.3) is 5.91 Å². The van der Waals surface area contributed by atoms with Crippen LogP contribution in [0, 0.1) is 27.7 Å². The summed E-state index contributed by atoms with van der Waals surface area (Å²) in [5, 5.41) is 3.74. The van der Waals surface area contributed by atoms with Crippen LogP contribution in [0.5, 0.6) is 0 Å². The molecule has 1 aromatic heterocycles. The zero-order valence-corrected chi connectivity index (χ0v) is 12.3. The van der Waals surface area contributed by atoms with Crippen molar-refractivity contribution in [1.29, 1.82) is 0 Å². The maximum atomic E-state index is 12.2. The Hall–Kier alpha value is -1.88. The minimum absolute atomic E-state index is 0.155. The van der Waals surface area contributed by atoms with Crippen LogP contribution in [0.4, 0.5) is 11.4 Å². The summed E-state index contributed by atoms with van der Waals surface area (Å²) in [7, 11) is 0. The molecule has 19 heavy (non-hydrogen) atoms. The lowest BCUT2D eigenvalue weighted by Gasteiger charge is -2.10. The highest BCUT2D eigenvalue weighted by Crippen LogP contribution is 2.25. The third-order valence-corrected chi connectivity index (χ3v) is 4.10. The van der Waals surface area contributed by atoms with Crippen molar-refractivity contribution in [2.24, 2.45) is 0 Å². The maximum Gasteiger partial charge on any atom is 0.267 e. The lowest BCUT2D eigenvalue weighted by atomic mass is 10.1. The van der Waals surface area contributed by atoms with Gasteiger partial charge in [-0.2, -0.15) is 0 Å². The quantitative estimate of drug-likeness (QED) is 0.827. The minimum Gasteiger partial charge on any atom is -0.397 e. The Morgan fingerprint density at radius 2 is 1.84 bits per heavy atom. The monoisotopic (exact) mass is 275 g/mol. The van der Waals surface area contributed by atoms with E-state index in [9.17, 15) is 4.79 Å². The highest BCUT2D eigenvalue weighted by atomic mass is 32.1. The molecule has 0 bridgehead atoms. The molecule has 2 rings (SSSR count). The third-order valence-electron chi connectivity index (χ3n) is 3.02. The van der Waals surface area contributed by atoms with Crippen LogP contribution in [0.25, 0.3) is 0 Å². The molecule has 0 saturated heterocycles. The summed E-state index contributed by atoms with van der Waals surface area (Å²) in [6, 6.07) is 3.77. The predicted molar refractivity (Wildman–Crippen MR) is 79.9 cm³/mol. The van der Waals surface area contributed by atoms with Crippen molar-refractivity contribution in [3.63, 3.8) is 0 Å². The summed E-state index contributed by atoms with van der Waals surface area (Å²) in [4.78, 5) is 17.1. The number of aromatic nitrogens is 1. The van der Waals surface area contributed by atoms with Crippen LogP contribution in [0.3, 0.4) is 0 Å². The number of carbonyl (C=O) groups is 1. The number of nitrogens with zero attached hydrogens (tertiary/aromatic N) is 1. The van der Waals surface area contributed by atoms with E-state index < -0.39 is 0 Å². The molecule has 0 atom stereocenters. The summed E-state index contributed by atoms with van der Waals surface area (Å²) >= 11 is 1.39. The SMILES string of the molecule is Cc1nc(C)c(C(=O)Nc2cc(C)c(C)cc2N)s1. The van der Waals surface area contributed by atoms with Gasteiger partial charge in [0.05, 0.1) is 22.1 Å². The molecule has 0 aliphatic heterocycles. The van der Waals surface area contributed by atoms with Crippen LogP contribution in [0.2, 0.25) is 0 Å². The molecule has 1 heterocycles. The number of nitrogens with two attached hydrogens (primary N) is 1. The van der Waals surface area contributed by atoms with Gasteiger partial charge in [-0.05, 0) is 51.0 Å². The molecular weight excluding hydrogens is 258 g/mol. The largest absolute Gasteiger partial charge is 0.397 e. The van der Waals surface area contributed by atoms with E-state index in [1.165, 1.54) is 11.3 Å². The molecule has 3 N–H and O–H groups in total. The number of anilines is 2. The van der Waals surface area contributed by atoms with Crippen molar-refractivity contribution >= 4 is 28.6 Å². The van der Waals surface area contributed by atoms with Crippen LogP contribution in [-0.2, 0) is 0 Å². The first kappa shape index (κ1) is 13.5. The number of hydrogen-bond donors (Lipinski definition) is 2. The van der Waals surface area contributed by atoms with Crippen molar-refractivity contribution < 1.29 is 4.79 Å². The van der Waals surface area contributed by atoms with Gasteiger partial charge in [-0.25, -0.2) is 4.98 Å². The molecule has 2 aromatic rings. The third kappa shape index (κ3) is 2.76. The minimum atomic E-state index is -0.155. The Kier molecular flexibility index (Phi) is 3.57. The first-order chi connectivity index (χ1) is 8.88. The Labute approximate surface area is 116 Å². The van der Waals surface area contributed by atoms with Crippen LogP contribution >= 0.6 is 11.3 Å². The van der Waals surface area contributed by atoms with Crippen LogP contribution in [0.15, 0.2) is 12.1 Å². The number of thiazole rings is 1. The molecule has 1 amide bonds. The summed E-state index contributed by atoms with van der Waals surface area (Å²) < 4.78 is 0. The normalized spacial score (nSPS) is 10.5. The number of aryl methyl sites for hydroxylation is 4. The lowest BCUT2D eigenvalue weighted by molar-refractivity contribution is 0.103. The maximum absolute atomic E-state index is 12.2. The van der Waals surface area contributed by atoms with Gasteiger partial charge in [-0.15, -0.1) is 11.3 Å². The molecule has 0 spiro atoms. The second-order valence-corrected chi connectivity index (χ2v) is 5.83. The van der Waals surface area contributed by atoms with E-state index in [4.69, 9.17) is 5.73 Å². The van der Waals surface area contributed by atoms with Crippen LogP contribution < -0.4 is 11.1 Å². The van der Waals surface area contributed by atoms with E-state index in [1.807, 2.05) is 39.8 Å². The molecule has 0 aliphatic carbocycles. The van der Waals surface area contributed by atoms with Gasteiger partial charge in [0, 0.05) is 0 Å². The Morgan fingerprint density at radius 3 is 2.42 bits per heavy atom. The van der Waals surface area contributed by atoms with E-state index >= 15 is 0 Å². The smallest absolute Gasteiger partial charge is 0.267 e. The van der Waals surface area contributed by atoms with Crippen molar-refractivity contribution in [3.05, 3.63) is 38.8 Å². The van der Waals surface area contributed by atoms with Crippen LogP contribution in [-0.4, -0.2) is 10.9 Å². The topological polar surface area (TPSA) is 68.0 Å². The summed E-state index contributed by atoms with van der Waals surface area (Å²) in [5.41, 5.74) is 10.1. The molecule has 0 unspecified atom stereocenters. The molecule has 0 saturated carbocycles. The Bertz CT molecular complexity index is 646. The van der Waals surface area contributed by atoms with E-state index in [2.05, 4.69) is 10.3 Å². The van der Waals surface area contributed by atoms with Gasteiger partial charge in [-0.3, -0.25) is 4.79 Å². The Morgan fingerprint density at radius 1 is 1.21 bits per heavy atom. The van der Waals surface area contributed by atoms with Gasteiger partial charge in [0.2, 0.25) is 0 Å². The zero-order valence-electron chi connectivity index (χ0n) is 11.5. The van der Waals surface area contributed by atoms with E-state index in [1.54, 1.807) is 0 Å². The molecular formula is C14H17N3OS.